The van der Waals surface area contributed by atoms with Crippen molar-refractivity contribution in [3.63, 3.8) is 0 Å². The standard InChI is InChI=1S/C21H26N2O5S/c1-6-13-23(15-16-7-10-18(27-4)11-8-16)21(24)17-9-12-19(28-5)20(14-17)29(25,26)22(2)3/h6-12,14H,1,13,15H2,2-5H3. The van der Waals surface area contributed by atoms with E-state index < -0.39 is 10.0 Å². The van der Waals surface area contributed by atoms with E-state index in [0.717, 1.165) is 15.6 Å². The summed E-state index contributed by atoms with van der Waals surface area (Å²) in [5, 5.41) is 0. The topological polar surface area (TPSA) is 76.1 Å². The van der Waals surface area contributed by atoms with E-state index in [-0.39, 0.29) is 22.1 Å². The number of hydrogen-bond acceptors (Lipinski definition) is 5. The van der Waals surface area contributed by atoms with Gasteiger partial charge in [0.2, 0.25) is 10.0 Å². The van der Waals surface area contributed by atoms with Crippen molar-refractivity contribution in [3.8, 4) is 11.5 Å². The highest BCUT2D eigenvalue weighted by Gasteiger charge is 2.25. The molecule has 0 atom stereocenters. The summed E-state index contributed by atoms with van der Waals surface area (Å²) in [6, 6.07) is 11.8. The molecule has 7 nitrogen and oxygen atoms in total. The van der Waals surface area contributed by atoms with Crippen molar-refractivity contribution >= 4 is 15.9 Å². The Bertz CT molecular complexity index is 969. The fourth-order valence-electron chi connectivity index (χ4n) is 2.72. The van der Waals surface area contributed by atoms with Crippen LogP contribution in [0, 0.1) is 0 Å². The Kier molecular flexibility index (Phi) is 7.41. The van der Waals surface area contributed by atoms with E-state index >= 15 is 0 Å². The van der Waals surface area contributed by atoms with E-state index in [1.807, 2.05) is 24.3 Å². The van der Waals surface area contributed by atoms with Crippen LogP contribution in [-0.2, 0) is 16.6 Å². The smallest absolute Gasteiger partial charge is 0.254 e. The highest BCUT2D eigenvalue weighted by molar-refractivity contribution is 7.89. The minimum Gasteiger partial charge on any atom is -0.497 e. The van der Waals surface area contributed by atoms with E-state index in [1.165, 1.54) is 33.3 Å². The Balaban J connectivity index is 2.39. The molecule has 0 saturated carbocycles. The van der Waals surface area contributed by atoms with Gasteiger partial charge in [-0.25, -0.2) is 12.7 Å². The molecular weight excluding hydrogens is 392 g/mol. The normalized spacial score (nSPS) is 11.2. The summed E-state index contributed by atoms with van der Waals surface area (Å²) in [4.78, 5) is 14.6. The highest BCUT2D eigenvalue weighted by Crippen LogP contribution is 2.27. The number of rotatable bonds is 9. The maximum atomic E-state index is 13.1. The zero-order valence-corrected chi connectivity index (χ0v) is 17.9. The second-order valence-electron chi connectivity index (χ2n) is 6.48. The Morgan fingerprint density at radius 1 is 1.07 bits per heavy atom. The third kappa shape index (κ3) is 5.16. The number of methoxy groups -OCH3 is 2. The van der Waals surface area contributed by atoms with Crippen molar-refractivity contribution < 1.29 is 22.7 Å². The number of hydrogen-bond donors (Lipinski definition) is 0. The minimum atomic E-state index is -3.78. The molecule has 0 unspecified atom stereocenters. The lowest BCUT2D eigenvalue weighted by Gasteiger charge is -2.22. The molecule has 0 spiro atoms. The van der Waals surface area contributed by atoms with Crippen LogP contribution in [0.2, 0.25) is 0 Å². The van der Waals surface area contributed by atoms with Gasteiger partial charge in [-0.1, -0.05) is 18.2 Å². The molecule has 29 heavy (non-hydrogen) atoms. The first-order chi connectivity index (χ1) is 13.7. The van der Waals surface area contributed by atoms with Crippen LogP contribution in [0.5, 0.6) is 11.5 Å². The molecule has 156 valence electrons. The molecule has 0 radical (unpaired) electrons. The maximum absolute atomic E-state index is 13.1. The van der Waals surface area contributed by atoms with Crippen LogP contribution >= 0.6 is 0 Å². The Hall–Kier alpha value is -2.84. The maximum Gasteiger partial charge on any atom is 0.254 e. The predicted molar refractivity (Wildman–Crippen MR) is 112 cm³/mol. The lowest BCUT2D eigenvalue weighted by molar-refractivity contribution is 0.0762. The van der Waals surface area contributed by atoms with Crippen LogP contribution in [0.15, 0.2) is 60.0 Å². The lowest BCUT2D eigenvalue weighted by atomic mass is 10.1. The van der Waals surface area contributed by atoms with Gasteiger partial charge in [0, 0.05) is 32.7 Å². The quantitative estimate of drug-likeness (QED) is 0.586. The van der Waals surface area contributed by atoms with Crippen molar-refractivity contribution in [2.75, 3.05) is 34.9 Å². The number of amides is 1. The fourth-order valence-corrected chi connectivity index (χ4v) is 3.79. The molecule has 0 aromatic heterocycles. The van der Waals surface area contributed by atoms with Crippen molar-refractivity contribution in [2.45, 2.75) is 11.4 Å². The summed E-state index contributed by atoms with van der Waals surface area (Å²) in [5.41, 5.74) is 1.16. The van der Waals surface area contributed by atoms with E-state index in [9.17, 15) is 13.2 Å². The van der Waals surface area contributed by atoms with Gasteiger partial charge in [-0.3, -0.25) is 4.79 Å². The van der Waals surface area contributed by atoms with Crippen molar-refractivity contribution in [3.05, 3.63) is 66.2 Å². The third-order valence-electron chi connectivity index (χ3n) is 4.34. The Morgan fingerprint density at radius 2 is 1.72 bits per heavy atom. The van der Waals surface area contributed by atoms with Crippen LogP contribution in [-0.4, -0.2) is 58.4 Å². The molecular formula is C21H26N2O5S. The second-order valence-corrected chi connectivity index (χ2v) is 8.60. The van der Waals surface area contributed by atoms with E-state index in [1.54, 1.807) is 24.2 Å². The van der Waals surface area contributed by atoms with Gasteiger partial charge in [0.05, 0.1) is 14.2 Å². The number of nitrogens with zero attached hydrogens (tertiary/aromatic N) is 2. The molecule has 0 N–H and O–H groups in total. The Labute approximate surface area is 172 Å². The molecule has 0 heterocycles. The van der Waals surface area contributed by atoms with E-state index in [0.29, 0.717) is 13.1 Å². The van der Waals surface area contributed by atoms with Gasteiger partial charge in [-0.15, -0.1) is 6.58 Å². The number of carbonyl (C=O) groups excluding carboxylic acids is 1. The van der Waals surface area contributed by atoms with Gasteiger partial charge < -0.3 is 14.4 Å². The molecule has 1 amide bonds. The van der Waals surface area contributed by atoms with Gasteiger partial charge in [0.15, 0.2) is 0 Å². The molecule has 8 heteroatoms. The Morgan fingerprint density at radius 3 is 2.24 bits per heavy atom. The first kappa shape index (κ1) is 22.4. The van der Waals surface area contributed by atoms with Gasteiger partial charge in [-0.2, -0.15) is 0 Å². The van der Waals surface area contributed by atoms with Gasteiger partial charge in [0.1, 0.15) is 16.4 Å². The number of ether oxygens (including phenoxy) is 2. The molecule has 0 aliphatic heterocycles. The van der Waals surface area contributed by atoms with E-state index in [2.05, 4.69) is 6.58 Å². The molecule has 0 saturated heterocycles. The SMILES string of the molecule is C=CCN(Cc1ccc(OC)cc1)C(=O)c1ccc(OC)c(S(=O)(=O)N(C)C)c1. The summed E-state index contributed by atoms with van der Waals surface area (Å²) in [6.45, 7) is 4.37. The number of sulfonamides is 1. The summed E-state index contributed by atoms with van der Waals surface area (Å²) in [6.07, 6.45) is 1.63. The van der Waals surface area contributed by atoms with Crippen LogP contribution < -0.4 is 9.47 Å². The number of benzene rings is 2. The molecule has 0 aliphatic carbocycles. The first-order valence-electron chi connectivity index (χ1n) is 8.88. The summed E-state index contributed by atoms with van der Waals surface area (Å²) < 4.78 is 36.7. The average molecular weight is 419 g/mol. The van der Waals surface area contributed by atoms with Gasteiger partial charge in [-0.05, 0) is 35.9 Å². The monoisotopic (exact) mass is 418 g/mol. The lowest BCUT2D eigenvalue weighted by Crippen LogP contribution is -2.31. The third-order valence-corrected chi connectivity index (χ3v) is 6.17. The summed E-state index contributed by atoms with van der Waals surface area (Å²) in [5.74, 6) is 0.600. The average Bonchev–Trinajstić information content (AvgIpc) is 2.72. The van der Waals surface area contributed by atoms with Crippen molar-refractivity contribution in [1.82, 2.24) is 9.21 Å². The number of carbonyl (C=O) groups is 1. The van der Waals surface area contributed by atoms with Crippen LogP contribution in [0.25, 0.3) is 0 Å². The van der Waals surface area contributed by atoms with Gasteiger partial charge in [0.25, 0.3) is 5.91 Å². The van der Waals surface area contributed by atoms with Crippen molar-refractivity contribution in [2.24, 2.45) is 0 Å². The largest absolute Gasteiger partial charge is 0.497 e. The molecule has 2 rings (SSSR count). The predicted octanol–water partition coefficient (Wildman–Crippen LogP) is 2.78. The fraction of sp³-hybridized carbons (Fsp3) is 0.286. The van der Waals surface area contributed by atoms with Crippen molar-refractivity contribution in [1.29, 1.82) is 0 Å². The van der Waals surface area contributed by atoms with Crippen LogP contribution in [0.3, 0.4) is 0 Å². The molecule has 0 fully saturated rings. The van der Waals surface area contributed by atoms with E-state index in [4.69, 9.17) is 9.47 Å². The minimum absolute atomic E-state index is 0.0566. The molecule has 0 aliphatic rings. The summed E-state index contributed by atoms with van der Waals surface area (Å²) in [7, 11) is 2.06. The second kappa shape index (κ2) is 9.58. The first-order valence-corrected chi connectivity index (χ1v) is 10.3. The summed E-state index contributed by atoms with van der Waals surface area (Å²) >= 11 is 0. The van der Waals surface area contributed by atoms with Crippen LogP contribution in [0.4, 0.5) is 0 Å². The molecule has 2 aromatic carbocycles. The highest BCUT2D eigenvalue weighted by atomic mass is 32.2. The zero-order valence-electron chi connectivity index (χ0n) is 17.1. The zero-order chi connectivity index (χ0) is 21.6. The van der Waals surface area contributed by atoms with Gasteiger partial charge >= 0.3 is 0 Å². The molecule has 2 aromatic rings. The molecule has 0 bridgehead atoms. The van der Waals surface area contributed by atoms with Crippen LogP contribution in [0.1, 0.15) is 15.9 Å².